The van der Waals surface area contributed by atoms with Gasteiger partial charge in [0.05, 0.1) is 13.7 Å². The number of hydrogen-bond donors (Lipinski definition) is 2. The average molecular weight is 426 g/mol. The predicted octanol–water partition coefficient (Wildman–Crippen LogP) is 4.81. The first-order valence-electron chi connectivity index (χ1n) is 10.3. The van der Waals surface area contributed by atoms with Gasteiger partial charge in [-0.15, -0.1) is 0 Å². The molecule has 0 radical (unpaired) electrons. The molecule has 3 rings (SSSR count). The van der Waals surface area contributed by atoms with Crippen molar-refractivity contribution in [3.8, 4) is 11.5 Å². The maximum absolute atomic E-state index is 12.0. The number of carboxylic acid groups (broad SMARTS) is 1. The third-order valence-electron chi connectivity index (χ3n) is 5.50. The van der Waals surface area contributed by atoms with E-state index in [1.807, 2.05) is 31.1 Å². The summed E-state index contributed by atoms with van der Waals surface area (Å²) in [7, 11) is 1.60. The quantitative estimate of drug-likeness (QED) is 0.591. The van der Waals surface area contributed by atoms with Crippen LogP contribution in [0.2, 0.25) is 0 Å². The minimum absolute atomic E-state index is 0.507. The van der Waals surface area contributed by atoms with Crippen molar-refractivity contribution < 1.29 is 24.2 Å². The molecule has 0 atom stereocenters. The van der Waals surface area contributed by atoms with Gasteiger partial charge in [0.1, 0.15) is 12.3 Å². The van der Waals surface area contributed by atoms with Gasteiger partial charge in [0.2, 0.25) is 0 Å². The molecule has 2 aromatic rings. The lowest BCUT2D eigenvalue weighted by Crippen LogP contribution is -2.48. The van der Waals surface area contributed by atoms with Gasteiger partial charge in [-0.1, -0.05) is 42.0 Å². The number of methoxy groups -OCH3 is 1. The van der Waals surface area contributed by atoms with Crippen LogP contribution in [-0.4, -0.2) is 37.1 Å². The third-order valence-corrected chi connectivity index (χ3v) is 5.50. The number of allylic oxidation sites excluding steroid dienone is 1. The smallest absolute Gasteiger partial charge is 0.329 e. The van der Waals surface area contributed by atoms with Crippen LogP contribution < -0.4 is 14.8 Å². The highest BCUT2D eigenvalue weighted by Gasteiger charge is 2.40. The van der Waals surface area contributed by atoms with Gasteiger partial charge in [-0.25, -0.2) is 4.79 Å². The van der Waals surface area contributed by atoms with E-state index in [0.29, 0.717) is 36.6 Å². The van der Waals surface area contributed by atoms with Crippen molar-refractivity contribution in [1.29, 1.82) is 0 Å². The van der Waals surface area contributed by atoms with Crippen molar-refractivity contribution in [3.63, 3.8) is 0 Å². The molecule has 6 nitrogen and oxygen atoms in total. The second-order valence-corrected chi connectivity index (χ2v) is 7.72. The number of carbonyl (C=O) groups is 2. The summed E-state index contributed by atoms with van der Waals surface area (Å²) in [5.41, 5.74) is 3.28. The summed E-state index contributed by atoms with van der Waals surface area (Å²) in [4.78, 5) is 20.0. The molecule has 6 heteroatoms. The molecular weight excluding hydrogens is 394 g/mol. The molecule has 2 N–H and O–H groups in total. The van der Waals surface area contributed by atoms with Crippen LogP contribution in [0.4, 0.5) is 5.69 Å². The van der Waals surface area contributed by atoms with E-state index in [2.05, 4.69) is 37.0 Å². The molecule has 0 aliphatic heterocycles. The molecule has 0 spiro atoms. The van der Waals surface area contributed by atoms with Crippen molar-refractivity contribution >= 4 is 18.4 Å². The molecule has 0 amide bonds. The van der Waals surface area contributed by atoms with Crippen LogP contribution >= 0.6 is 0 Å². The molecule has 1 aliphatic rings. The Morgan fingerprint density at radius 1 is 1.13 bits per heavy atom. The average Bonchev–Trinajstić information content (AvgIpc) is 2.77. The minimum atomic E-state index is -0.978. The third kappa shape index (κ3) is 6.35. The van der Waals surface area contributed by atoms with Crippen LogP contribution in [0, 0.1) is 6.92 Å². The number of benzene rings is 2. The summed E-state index contributed by atoms with van der Waals surface area (Å²) < 4.78 is 11.4. The first-order valence-corrected chi connectivity index (χ1v) is 10.3. The maximum Gasteiger partial charge on any atom is 0.329 e. The topological polar surface area (TPSA) is 84.9 Å². The van der Waals surface area contributed by atoms with E-state index in [0.717, 1.165) is 24.8 Å². The Labute approximate surface area is 183 Å². The standard InChI is InChI=1S/C24H29NO4.CH2O/c1-17-9-12-24(13-10-17,23(26)27)25-20-7-8-21(28-3)22(16-20)29-14-11-19-6-4-5-18(2)15-19;1-2/h4-8,15-16,25H,1,9-14H2,2-3H3,(H,26,27);1H2. The van der Waals surface area contributed by atoms with Gasteiger partial charge in [0.25, 0.3) is 0 Å². The Morgan fingerprint density at radius 2 is 1.84 bits per heavy atom. The van der Waals surface area contributed by atoms with Crippen molar-refractivity contribution in [2.45, 2.75) is 44.6 Å². The van der Waals surface area contributed by atoms with E-state index in [-0.39, 0.29) is 0 Å². The van der Waals surface area contributed by atoms with Crippen molar-refractivity contribution in [1.82, 2.24) is 0 Å². The summed E-state index contributed by atoms with van der Waals surface area (Å²) >= 11 is 0. The zero-order chi connectivity index (χ0) is 22.9. The monoisotopic (exact) mass is 425 g/mol. The number of carbonyl (C=O) groups excluding carboxylic acids is 1. The van der Waals surface area contributed by atoms with Crippen LogP contribution in [0.25, 0.3) is 0 Å². The molecule has 1 fully saturated rings. The normalized spacial score (nSPS) is 14.7. The molecule has 0 saturated heterocycles. The molecule has 1 aliphatic carbocycles. The van der Waals surface area contributed by atoms with Gasteiger partial charge >= 0.3 is 5.97 Å². The number of aryl methyl sites for hydroxylation is 1. The van der Waals surface area contributed by atoms with Crippen LogP contribution in [-0.2, 0) is 16.0 Å². The lowest BCUT2D eigenvalue weighted by Gasteiger charge is -2.35. The van der Waals surface area contributed by atoms with Crippen molar-refractivity contribution in [3.05, 3.63) is 65.7 Å². The number of aliphatic carboxylic acids is 1. The van der Waals surface area contributed by atoms with Crippen molar-refractivity contribution in [2.24, 2.45) is 0 Å². The largest absolute Gasteiger partial charge is 0.493 e. The van der Waals surface area contributed by atoms with Gasteiger partial charge in [0, 0.05) is 18.2 Å². The van der Waals surface area contributed by atoms with E-state index in [1.54, 1.807) is 7.11 Å². The summed E-state index contributed by atoms with van der Waals surface area (Å²) in [6, 6.07) is 13.8. The SMILES string of the molecule is C=C1CCC(Nc2ccc(OC)c(OCCc3cccc(C)c3)c2)(C(=O)O)CC1.C=O. The summed E-state index contributed by atoms with van der Waals surface area (Å²) in [5, 5.41) is 13.1. The maximum atomic E-state index is 12.0. The minimum Gasteiger partial charge on any atom is -0.493 e. The van der Waals surface area contributed by atoms with E-state index >= 15 is 0 Å². The second kappa shape index (κ2) is 11.2. The van der Waals surface area contributed by atoms with E-state index in [1.165, 1.54) is 11.1 Å². The Balaban J connectivity index is 0.00000166. The van der Waals surface area contributed by atoms with Gasteiger partial charge in [-0.05, 0) is 50.3 Å². The first-order chi connectivity index (χ1) is 14.9. The fourth-order valence-corrected chi connectivity index (χ4v) is 3.71. The van der Waals surface area contributed by atoms with Crippen LogP contribution in [0.1, 0.15) is 36.8 Å². The lowest BCUT2D eigenvalue weighted by atomic mass is 9.79. The van der Waals surface area contributed by atoms with E-state index < -0.39 is 11.5 Å². The molecule has 1 saturated carbocycles. The molecule has 0 bridgehead atoms. The number of ether oxygens (including phenoxy) is 2. The van der Waals surface area contributed by atoms with E-state index in [4.69, 9.17) is 14.3 Å². The van der Waals surface area contributed by atoms with Gasteiger partial charge in [-0.2, -0.15) is 0 Å². The molecule has 31 heavy (non-hydrogen) atoms. The fourth-order valence-electron chi connectivity index (χ4n) is 3.71. The van der Waals surface area contributed by atoms with E-state index in [9.17, 15) is 9.90 Å². The molecular formula is C25H31NO5. The number of anilines is 1. The fraction of sp³-hybridized carbons (Fsp3) is 0.360. The van der Waals surface area contributed by atoms with Crippen LogP contribution in [0.5, 0.6) is 11.5 Å². The van der Waals surface area contributed by atoms with Gasteiger partial charge in [0.15, 0.2) is 11.5 Å². The Bertz CT molecular complexity index is 899. The highest BCUT2D eigenvalue weighted by atomic mass is 16.5. The number of rotatable bonds is 8. The number of carboxylic acids is 1. The number of hydrogen-bond acceptors (Lipinski definition) is 5. The lowest BCUT2D eigenvalue weighted by molar-refractivity contribution is -0.143. The van der Waals surface area contributed by atoms with Crippen LogP contribution in [0.3, 0.4) is 0 Å². The molecule has 166 valence electrons. The van der Waals surface area contributed by atoms with Crippen molar-refractivity contribution in [2.75, 3.05) is 19.0 Å². The second-order valence-electron chi connectivity index (χ2n) is 7.72. The molecule has 2 aromatic carbocycles. The predicted molar refractivity (Wildman–Crippen MR) is 122 cm³/mol. The Morgan fingerprint density at radius 3 is 2.45 bits per heavy atom. The van der Waals surface area contributed by atoms with Gasteiger partial charge in [-0.3, -0.25) is 0 Å². The molecule has 0 aromatic heterocycles. The molecule has 0 unspecified atom stereocenters. The Kier molecular flexibility index (Phi) is 8.67. The highest BCUT2D eigenvalue weighted by Crippen LogP contribution is 2.37. The summed E-state index contributed by atoms with van der Waals surface area (Å²) in [6.07, 6.45) is 3.27. The Hall–Kier alpha value is -3.28. The number of nitrogens with one attached hydrogen (secondary N) is 1. The van der Waals surface area contributed by atoms with Gasteiger partial charge < -0.3 is 24.7 Å². The molecule has 0 heterocycles. The summed E-state index contributed by atoms with van der Waals surface area (Å²) in [6.45, 7) is 8.57. The highest BCUT2D eigenvalue weighted by molar-refractivity contribution is 5.83. The summed E-state index contributed by atoms with van der Waals surface area (Å²) in [5.74, 6) is 0.398. The van der Waals surface area contributed by atoms with Crippen LogP contribution in [0.15, 0.2) is 54.6 Å². The zero-order valence-corrected chi connectivity index (χ0v) is 18.3. The first kappa shape index (κ1) is 24.0. The zero-order valence-electron chi connectivity index (χ0n) is 18.3.